The zero-order valence-electron chi connectivity index (χ0n) is 17.7. The van der Waals surface area contributed by atoms with E-state index in [9.17, 15) is 8.42 Å². The highest BCUT2D eigenvalue weighted by atomic mass is 32.2. The van der Waals surface area contributed by atoms with Crippen molar-refractivity contribution in [2.75, 3.05) is 43.6 Å². The highest BCUT2D eigenvalue weighted by molar-refractivity contribution is 7.94. The third kappa shape index (κ3) is 5.34. The molecule has 0 amide bonds. The SMILES string of the molecule is COc1ccc(S(=O)(=O)C=Cc2cnc(N3CCOCC3)nc2NC2CCCC2)cc1. The summed E-state index contributed by atoms with van der Waals surface area (Å²) in [5.74, 6) is 1.92. The maximum absolute atomic E-state index is 12.8. The standard InChI is InChI=1S/C22H28N4O4S/c1-29-19-6-8-20(9-7-19)31(27,28)15-10-17-16-23-22(26-11-13-30-14-12-26)25-21(17)24-18-4-2-3-5-18/h6-10,15-16,18H,2-5,11-14H2,1H3,(H,23,24,25). The van der Waals surface area contributed by atoms with Gasteiger partial charge in [0, 0.05) is 36.3 Å². The third-order valence-electron chi connectivity index (χ3n) is 5.61. The van der Waals surface area contributed by atoms with Crippen molar-refractivity contribution >= 4 is 27.7 Å². The van der Waals surface area contributed by atoms with E-state index in [-0.39, 0.29) is 4.90 Å². The Hall–Kier alpha value is -2.65. The van der Waals surface area contributed by atoms with Gasteiger partial charge in [-0.1, -0.05) is 12.8 Å². The fraction of sp³-hybridized carbons (Fsp3) is 0.455. The van der Waals surface area contributed by atoms with Gasteiger partial charge in [0.05, 0.1) is 25.2 Å². The first-order valence-corrected chi connectivity index (χ1v) is 12.1. The molecule has 1 saturated heterocycles. The summed E-state index contributed by atoms with van der Waals surface area (Å²) in [5.41, 5.74) is 0.654. The van der Waals surface area contributed by atoms with E-state index in [1.165, 1.54) is 30.4 Å². The molecule has 0 unspecified atom stereocenters. The van der Waals surface area contributed by atoms with E-state index in [0.29, 0.717) is 42.3 Å². The van der Waals surface area contributed by atoms with E-state index in [1.807, 2.05) is 0 Å². The van der Waals surface area contributed by atoms with Gasteiger partial charge in [-0.15, -0.1) is 0 Å². The van der Waals surface area contributed by atoms with Crippen molar-refractivity contribution in [2.24, 2.45) is 0 Å². The molecule has 1 aromatic heterocycles. The first-order valence-electron chi connectivity index (χ1n) is 10.6. The molecule has 2 aromatic rings. The molecule has 1 aliphatic heterocycles. The molecule has 2 aliphatic rings. The quantitative estimate of drug-likeness (QED) is 0.696. The number of aromatic nitrogens is 2. The summed E-state index contributed by atoms with van der Waals surface area (Å²) in [7, 11) is -2.06. The van der Waals surface area contributed by atoms with Gasteiger partial charge in [-0.05, 0) is 43.2 Å². The second-order valence-corrected chi connectivity index (χ2v) is 9.56. The summed E-state index contributed by atoms with van der Waals surface area (Å²) < 4.78 is 36.0. The van der Waals surface area contributed by atoms with Crippen LogP contribution in [0.15, 0.2) is 40.8 Å². The van der Waals surface area contributed by atoms with Gasteiger partial charge < -0.3 is 19.7 Å². The van der Waals surface area contributed by atoms with Crippen LogP contribution in [0.4, 0.5) is 11.8 Å². The van der Waals surface area contributed by atoms with Crippen molar-refractivity contribution in [3.05, 3.63) is 41.4 Å². The van der Waals surface area contributed by atoms with Gasteiger partial charge in [-0.3, -0.25) is 0 Å². The number of hydrogen-bond acceptors (Lipinski definition) is 8. The van der Waals surface area contributed by atoms with Crippen molar-refractivity contribution < 1.29 is 17.9 Å². The first-order chi connectivity index (χ1) is 15.0. The van der Waals surface area contributed by atoms with Gasteiger partial charge in [0.15, 0.2) is 9.84 Å². The molecule has 0 radical (unpaired) electrons. The number of anilines is 2. The number of nitrogens with one attached hydrogen (secondary N) is 1. The van der Waals surface area contributed by atoms with E-state index in [2.05, 4.69) is 15.2 Å². The highest BCUT2D eigenvalue weighted by Gasteiger charge is 2.20. The topological polar surface area (TPSA) is 93.7 Å². The molecule has 4 rings (SSSR count). The lowest BCUT2D eigenvalue weighted by Crippen LogP contribution is -2.37. The number of rotatable bonds is 7. The van der Waals surface area contributed by atoms with Gasteiger partial charge >= 0.3 is 0 Å². The Morgan fingerprint density at radius 1 is 1.16 bits per heavy atom. The van der Waals surface area contributed by atoms with Crippen molar-refractivity contribution in [1.29, 1.82) is 0 Å². The smallest absolute Gasteiger partial charge is 0.227 e. The minimum absolute atomic E-state index is 0.209. The minimum Gasteiger partial charge on any atom is -0.497 e. The molecule has 1 N–H and O–H groups in total. The average Bonchev–Trinajstić information content (AvgIpc) is 3.32. The lowest BCUT2D eigenvalue weighted by atomic mass is 10.2. The van der Waals surface area contributed by atoms with E-state index in [1.54, 1.807) is 31.5 Å². The number of ether oxygens (including phenoxy) is 2. The molecule has 31 heavy (non-hydrogen) atoms. The van der Waals surface area contributed by atoms with Gasteiger partial charge in [0.25, 0.3) is 0 Å². The molecule has 1 aromatic carbocycles. The molecule has 2 heterocycles. The molecular formula is C22H28N4O4S. The molecule has 166 valence electrons. The van der Waals surface area contributed by atoms with Gasteiger partial charge in [-0.2, -0.15) is 4.98 Å². The number of morpholine rings is 1. The van der Waals surface area contributed by atoms with Crippen LogP contribution in [0.2, 0.25) is 0 Å². The molecule has 2 fully saturated rings. The predicted octanol–water partition coefficient (Wildman–Crippen LogP) is 3.12. The fourth-order valence-corrected chi connectivity index (χ4v) is 4.80. The Balaban J connectivity index is 1.60. The lowest BCUT2D eigenvalue weighted by molar-refractivity contribution is 0.122. The Kier molecular flexibility index (Phi) is 6.72. The predicted molar refractivity (Wildman–Crippen MR) is 120 cm³/mol. The van der Waals surface area contributed by atoms with Gasteiger partial charge in [0.2, 0.25) is 5.95 Å². The van der Waals surface area contributed by atoms with Crippen molar-refractivity contribution in [3.63, 3.8) is 0 Å². The van der Waals surface area contributed by atoms with Crippen LogP contribution in [0.1, 0.15) is 31.2 Å². The van der Waals surface area contributed by atoms with Crippen LogP contribution in [0, 0.1) is 0 Å². The summed E-state index contributed by atoms with van der Waals surface area (Å²) in [5, 5.41) is 4.72. The summed E-state index contributed by atoms with van der Waals surface area (Å²) in [6.45, 7) is 2.78. The summed E-state index contributed by atoms with van der Waals surface area (Å²) >= 11 is 0. The molecule has 0 bridgehead atoms. The van der Waals surface area contributed by atoms with Crippen LogP contribution in [-0.2, 0) is 14.6 Å². The van der Waals surface area contributed by atoms with Gasteiger partial charge in [-0.25, -0.2) is 13.4 Å². The fourth-order valence-electron chi connectivity index (χ4n) is 3.81. The van der Waals surface area contributed by atoms with E-state index >= 15 is 0 Å². The molecule has 0 spiro atoms. The van der Waals surface area contributed by atoms with Crippen LogP contribution in [0.25, 0.3) is 6.08 Å². The molecule has 1 aliphatic carbocycles. The molecular weight excluding hydrogens is 416 g/mol. The monoisotopic (exact) mass is 444 g/mol. The molecule has 8 nitrogen and oxygen atoms in total. The van der Waals surface area contributed by atoms with Gasteiger partial charge in [0.1, 0.15) is 11.6 Å². The maximum atomic E-state index is 12.8. The zero-order valence-corrected chi connectivity index (χ0v) is 18.5. The third-order valence-corrected chi connectivity index (χ3v) is 7.03. The summed E-state index contributed by atoms with van der Waals surface area (Å²) in [6, 6.07) is 6.68. The summed E-state index contributed by atoms with van der Waals surface area (Å²) in [4.78, 5) is 11.5. The maximum Gasteiger partial charge on any atom is 0.227 e. The Morgan fingerprint density at radius 2 is 1.87 bits per heavy atom. The molecule has 9 heteroatoms. The Labute approximate surface area is 183 Å². The van der Waals surface area contributed by atoms with Crippen LogP contribution < -0.4 is 15.0 Å². The van der Waals surface area contributed by atoms with Crippen molar-refractivity contribution in [3.8, 4) is 5.75 Å². The lowest BCUT2D eigenvalue weighted by Gasteiger charge is -2.27. The Morgan fingerprint density at radius 3 is 2.55 bits per heavy atom. The minimum atomic E-state index is -3.60. The van der Waals surface area contributed by atoms with E-state index in [0.717, 1.165) is 25.9 Å². The first kappa shape index (κ1) is 21.6. The number of sulfone groups is 1. The van der Waals surface area contributed by atoms with Crippen LogP contribution in [0.3, 0.4) is 0 Å². The Bertz CT molecular complexity index is 1010. The second kappa shape index (κ2) is 9.65. The molecule has 1 saturated carbocycles. The van der Waals surface area contributed by atoms with Crippen LogP contribution in [-0.4, -0.2) is 57.8 Å². The largest absolute Gasteiger partial charge is 0.497 e. The molecule has 0 atom stereocenters. The summed E-state index contributed by atoms with van der Waals surface area (Å²) in [6.07, 6.45) is 7.82. The van der Waals surface area contributed by atoms with E-state index < -0.39 is 9.84 Å². The van der Waals surface area contributed by atoms with Crippen LogP contribution in [0.5, 0.6) is 5.75 Å². The second-order valence-electron chi connectivity index (χ2n) is 7.72. The van der Waals surface area contributed by atoms with Crippen LogP contribution >= 0.6 is 0 Å². The van der Waals surface area contributed by atoms with Crippen molar-refractivity contribution in [2.45, 2.75) is 36.6 Å². The van der Waals surface area contributed by atoms with Crippen molar-refractivity contribution in [1.82, 2.24) is 9.97 Å². The number of methoxy groups -OCH3 is 1. The zero-order chi connectivity index (χ0) is 21.7. The number of benzene rings is 1. The highest BCUT2D eigenvalue weighted by Crippen LogP contribution is 2.26. The number of hydrogen-bond donors (Lipinski definition) is 1. The normalized spacial score (nSPS) is 17.9. The average molecular weight is 445 g/mol. The van der Waals surface area contributed by atoms with E-state index in [4.69, 9.17) is 14.5 Å². The number of nitrogens with zero attached hydrogens (tertiary/aromatic N) is 3.